The summed E-state index contributed by atoms with van der Waals surface area (Å²) in [4.78, 5) is 28.3. The smallest absolute Gasteiger partial charge is 0.337 e. The molecule has 0 aliphatic rings. The summed E-state index contributed by atoms with van der Waals surface area (Å²) in [5.41, 5.74) is 2.52. The van der Waals surface area contributed by atoms with Gasteiger partial charge in [-0.25, -0.2) is 9.78 Å². The summed E-state index contributed by atoms with van der Waals surface area (Å²) < 4.78 is 4.68. The van der Waals surface area contributed by atoms with Crippen LogP contribution < -0.4 is 10.6 Å². The number of nitriles is 1. The lowest BCUT2D eigenvalue weighted by Gasteiger charge is -2.09. The third-order valence-electron chi connectivity index (χ3n) is 3.85. The van der Waals surface area contributed by atoms with Crippen molar-refractivity contribution in [3.05, 3.63) is 83.6 Å². The van der Waals surface area contributed by atoms with E-state index < -0.39 is 5.97 Å². The summed E-state index contributed by atoms with van der Waals surface area (Å²) in [6.07, 6.45) is 1.52. The third-order valence-corrected chi connectivity index (χ3v) is 3.85. The van der Waals surface area contributed by atoms with Gasteiger partial charge in [0.05, 0.1) is 24.3 Å². The van der Waals surface area contributed by atoms with Crippen LogP contribution in [0.25, 0.3) is 0 Å². The lowest BCUT2D eigenvalue weighted by molar-refractivity contribution is 0.0600. The molecule has 0 radical (unpaired) electrons. The van der Waals surface area contributed by atoms with Crippen molar-refractivity contribution in [2.45, 2.75) is 0 Å². The van der Waals surface area contributed by atoms with Crippen molar-refractivity contribution in [3.63, 3.8) is 0 Å². The quantitative estimate of drug-likeness (QED) is 0.661. The highest BCUT2D eigenvalue weighted by molar-refractivity contribution is 6.05. The lowest BCUT2D eigenvalue weighted by atomic mass is 10.2. The maximum atomic E-state index is 12.5. The zero-order chi connectivity index (χ0) is 19.9. The Labute approximate surface area is 161 Å². The Balaban J connectivity index is 1.73. The van der Waals surface area contributed by atoms with E-state index in [-0.39, 0.29) is 5.91 Å². The topological polar surface area (TPSA) is 104 Å². The van der Waals surface area contributed by atoms with Gasteiger partial charge < -0.3 is 15.4 Å². The molecule has 7 heteroatoms. The van der Waals surface area contributed by atoms with Crippen molar-refractivity contribution < 1.29 is 14.3 Å². The number of benzene rings is 2. The summed E-state index contributed by atoms with van der Waals surface area (Å²) in [6, 6.07) is 18.6. The number of aromatic nitrogens is 1. The molecule has 1 aromatic heterocycles. The molecule has 0 fully saturated rings. The predicted molar refractivity (Wildman–Crippen MR) is 104 cm³/mol. The maximum absolute atomic E-state index is 12.5. The number of pyridine rings is 1. The van der Waals surface area contributed by atoms with E-state index in [9.17, 15) is 9.59 Å². The van der Waals surface area contributed by atoms with Gasteiger partial charge in [-0.15, -0.1) is 0 Å². The second-order valence-corrected chi connectivity index (χ2v) is 5.77. The monoisotopic (exact) mass is 372 g/mol. The highest BCUT2D eigenvalue weighted by Gasteiger charge is 2.10. The van der Waals surface area contributed by atoms with Crippen molar-refractivity contribution in [1.29, 1.82) is 5.26 Å². The zero-order valence-corrected chi connectivity index (χ0v) is 15.0. The van der Waals surface area contributed by atoms with Crippen LogP contribution in [0.15, 0.2) is 66.9 Å². The Bertz CT molecular complexity index is 1060. The number of ether oxygens (including phenoxy) is 1. The number of carbonyl (C=O) groups excluding carboxylic acids is 2. The highest BCUT2D eigenvalue weighted by Crippen LogP contribution is 2.18. The molecule has 3 rings (SSSR count). The summed E-state index contributed by atoms with van der Waals surface area (Å²) in [5, 5.41) is 14.7. The zero-order valence-electron chi connectivity index (χ0n) is 15.0. The number of rotatable bonds is 5. The van der Waals surface area contributed by atoms with Crippen molar-refractivity contribution >= 4 is 29.1 Å². The molecule has 138 valence electrons. The summed E-state index contributed by atoms with van der Waals surface area (Å²) in [7, 11) is 1.30. The predicted octanol–water partition coefficient (Wildman–Crippen LogP) is 3.74. The SMILES string of the molecule is COC(=O)c1cccc(NC(=O)c2ccnc(Nc3ccc(C#N)cc3)c2)c1. The molecule has 0 saturated heterocycles. The minimum atomic E-state index is -0.478. The van der Waals surface area contributed by atoms with E-state index in [1.165, 1.54) is 13.3 Å². The lowest BCUT2D eigenvalue weighted by Crippen LogP contribution is -2.13. The Morgan fingerprint density at radius 3 is 2.50 bits per heavy atom. The van der Waals surface area contributed by atoms with Gasteiger partial charge in [-0.05, 0) is 54.6 Å². The molecule has 7 nitrogen and oxygen atoms in total. The van der Waals surface area contributed by atoms with E-state index in [1.54, 1.807) is 60.7 Å². The van der Waals surface area contributed by atoms with Crippen LogP contribution in [0.2, 0.25) is 0 Å². The molecule has 1 heterocycles. The molecular formula is C21H16N4O3. The molecular weight excluding hydrogens is 356 g/mol. The molecule has 2 aromatic carbocycles. The molecule has 3 aromatic rings. The first kappa shape index (κ1) is 18.6. The first-order chi connectivity index (χ1) is 13.6. The number of carbonyl (C=O) groups is 2. The summed E-state index contributed by atoms with van der Waals surface area (Å²) in [5.74, 6) is -0.332. The van der Waals surface area contributed by atoms with Crippen LogP contribution in [0.3, 0.4) is 0 Å². The number of anilines is 3. The fraction of sp³-hybridized carbons (Fsp3) is 0.0476. The number of hydrogen-bond donors (Lipinski definition) is 2. The van der Waals surface area contributed by atoms with Crippen molar-refractivity contribution in [2.24, 2.45) is 0 Å². The Morgan fingerprint density at radius 2 is 1.79 bits per heavy atom. The molecule has 0 unspecified atom stereocenters. The van der Waals surface area contributed by atoms with Crippen LogP contribution in [-0.4, -0.2) is 24.0 Å². The van der Waals surface area contributed by atoms with E-state index in [2.05, 4.69) is 26.4 Å². The molecule has 0 atom stereocenters. The minimum Gasteiger partial charge on any atom is -0.465 e. The molecule has 2 N–H and O–H groups in total. The van der Waals surface area contributed by atoms with E-state index in [1.807, 2.05) is 0 Å². The molecule has 0 aliphatic heterocycles. The molecule has 0 saturated carbocycles. The second-order valence-electron chi connectivity index (χ2n) is 5.77. The van der Waals surface area contributed by atoms with Gasteiger partial charge in [-0.1, -0.05) is 6.07 Å². The molecule has 1 amide bonds. The third kappa shape index (κ3) is 4.51. The van der Waals surface area contributed by atoms with Crippen LogP contribution in [0.1, 0.15) is 26.3 Å². The standard InChI is InChI=1S/C21H16N4O3/c1-28-21(27)16-3-2-4-18(11-16)25-20(26)15-9-10-23-19(12-15)24-17-7-5-14(13-22)6-8-17/h2-12H,1H3,(H,23,24)(H,25,26). The summed E-state index contributed by atoms with van der Waals surface area (Å²) in [6.45, 7) is 0. The summed E-state index contributed by atoms with van der Waals surface area (Å²) >= 11 is 0. The highest BCUT2D eigenvalue weighted by atomic mass is 16.5. The van der Waals surface area contributed by atoms with Crippen molar-refractivity contribution in [3.8, 4) is 6.07 Å². The van der Waals surface area contributed by atoms with Gasteiger partial charge in [-0.2, -0.15) is 5.26 Å². The molecule has 0 spiro atoms. The average Bonchev–Trinajstić information content (AvgIpc) is 2.74. The molecule has 0 aliphatic carbocycles. The van der Waals surface area contributed by atoms with E-state index >= 15 is 0 Å². The number of esters is 1. The first-order valence-electron chi connectivity index (χ1n) is 8.32. The van der Waals surface area contributed by atoms with Crippen molar-refractivity contribution in [2.75, 3.05) is 17.7 Å². The van der Waals surface area contributed by atoms with Gasteiger partial charge in [0, 0.05) is 23.1 Å². The van der Waals surface area contributed by atoms with E-state index in [0.29, 0.717) is 28.2 Å². The Kier molecular flexibility index (Phi) is 5.63. The van der Waals surface area contributed by atoms with Gasteiger partial charge in [0.1, 0.15) is 5.82 Å². The van der Waals surface area contributed by atoms with Gasteiger partial charge in [-0.3, -0.25) is 4.79 Å². The molecule has 0 bridgehead atoms. The van der Waals surface area contributed by atoms with Crippen LogP contribution in [0.5, 0.6) is 0 Å². The minimum absolute atomic E-state index is 0.340. The number of hydrogen-bond acceptors (Lipinski definition) is 6. The number of nitrogens with zero attached hydrogens (tertiary/aromatic N) is 2. The average molecular weight is 372 g/mol. The van der Waals surface area contributed by atoms with Gasteiger partial charge in [0.25, 0.3) is 5.91 Å². The van der Waals surface area contributed by atoms with Crippen LogP contribution in [0, 0.1) is 11.3 Å². The number of methoxy groups -OCH3 is 1. The Hall–Kier alpha value is -4.18. The largest absolute Gasteiger partial charge is 0.465 e. The van der Waals surface area contributed by atoms with Crippen LogP contribution >= 0.6 is 0 Å². The van der Waals surface area contributed by atoms with Gasteiger partial charge in [0.2, 0.25) is 0 Å². The van der Waals surface area contributed by atoms with E-state index in [4.69, 9.17) is 5.26 Å². The van der Waals surface area contributed by atoms with Gasteiger partial charge >= 0.3 is 5.97 Å². The van der Waals surface area contributed by atoms with Crippen molar-refractivity contribution in [1.82, 2.24) is 4.98 Å². The van der Waals surface area contributed by atoms with Crippen LogP contribution in [0.4, 0.5) is 17.2 Å². The van der Waals surface area contributed by atoms with Crippen LogP contribution in [-0.2, 0) is 4.74 Å². The normalized spacial score (nSPS) is 9.86. The Morgan fingerprint density at radius 1 is 1.00 bits per heavy atom. The maximum Gasteiger partial charge on any atom is 0.337 e. The fourth-order valence-corrected chi connectivity index (χ4v) is 2.46. The number of nitrogens with one attached hydrogen (secondary N) is 2. The first-order valence-corrected chi connectivity index (χ1v) is 8.32. The fourth-order valence-electron chi connectivity index (χ4n) is 2.46. The number of amides is 1. The second kappa shape index (κ2) is 8.47. The van der Waals surface area contributed by atoms with E-state index in [0.717, 1.165) is 5.69 Å². The van der Waals surface area contributed by atoms with Gasteiger partial charge in [0.15, 0.2) is 0 Å². The molecule has 28 heavy (non-hydrogen) atoms.